The maximum atomic E-state index is 12.5. The third kappa shape index (κ3) is 2.59. The molecule has 4 heteroatoms. The number of likely N-dealkylation sites (N-methyl/N-ethyl adjacent to an activating group) is 1. The highest BCUT2D eigenvalue weighted by molar-refractivity contribution is 5.99. The smallest absolute Gasteiger partial charge is 0.268 e. The Labute approximate surface area is 114 Å². The van der Waals surface area contributed by atoms with E-state index in [0.717, 1.165) is 18.0 Å². The summed E-state index contributed by atoms with van der Waals surface area (Å²) < 4.78 is 5.96. The molecule has 0 fully saturated rings. The standard InChI is InChI=1S/C15H22N2O2/c1-10(2)11(9-16-3)14-15(18)17(4)12-7-5-6-8-13(12)19-14/h5-8,10-11,14,16H,9H2,1-4H3. The molecule has 1 aliphatic heterocycles. The molecule has 2 rings (SSSR count). The largest absolute Gasteiger partial charge is 0.478 e. The van der Waals surface area contributed by atoms with Crippen molar-refractivity contribution in [2.45, 2.75) is 20.0 Å². The van der Waals surface area contributed by atoms with Crippen molar-refractivity contribution in [3.05, 3.63) is 24.3 Å². The predicted molar refractivity (Wildman–Crippen MR) is 76.5 cm³/mol. The minimum absolute atomic E-state index is 0.0349. The van der Waals surface area contributed by atoms with E-state index in [1.54, 1.807) is 4.90 Å². The second kappa shape index (κ2) is 5.61. The van der Waals surface area contributed by atoms with Gasteiger partial charge in [0, 0.05) is 19.5 Å². The quantitative estimate of drug-likeness (QED) is 0.901. The molecule has 4 nitrogen and oxygen atoms in total. The van der Waals surface area contributed by atoms with Crippen LogP contribution in [0.3, 0.4) is 0 Å². The van der Waals surface area contributed by atoms with Crippen molar-refractivity contribution in [2.24, 2.45) is 11.8 Å². The molecule has 1 heterocycles. The lowest BCUT2D eigenvalue weighted by molar-refractivity contribution is -0.129. The van der Waals surface area contributed by atoms with E-state index in [9.17, 15) is 4.79 Å². The van der Waals surface area contributed by atoms with Gasteiger partial charge >= 0.3 is 0 Å². The molecular weight excluding hydrogens is 240 g/mol. The molecule has 104 valence electrons. The first-order valence-electron chi connectivity index (χ1n) is 6.74. The summed E-state index contributed by atoms with van der Waals surface area (Å²) in [5, 5.41) is 3.16. The zero-order valence-corrected chi connectivity index (χ0v) is 12.0. The number of hydrogen-bond donors (Lipinski definition) is 1. The minimum Gasteiger partial charge on any atom is -0.478 e. The van der Waals surface area contributed by atoms with Crippen molar-refractivity contribution in [1.82, 2.24) is 5.32 Å². The number of carbonyl (C=O) groups excluding carboxylic acids is 1. The van der Waals surface area contributed by atoms with Crippen LogP contribution in [0.25, 0.3) is 0 Å². The fourth-order valence-corrected chi connectivity index (χ4v) is 2.53. The van der Waals surface area contributed by atoms with Crippen molar-refractivity contribution in [3.63, 3.8) is 0 Å². The third-order valence-corrected chi connectivity index (χ3v) is 3.74. The van der Waals surface area contributed by atoms with Crippen molar-refractivity contribution in [2.75, 3.05) is 25.5 Å². The summed E-state index contributed by atoms with van der Waals surface area (Å²) in [6.07, 6.45) is -0.410. The summed E-state index contributed by atoms with van der Waals surface area (Å²) >= 11 is 0. The maximum absolute atomic E-state index is 12.5. The van der Waals surface area contributed by atoms with Crippen LogP contribution in [0.15, 0.2) is 24.3 Å². The predicted octanol–water partition coefficient (Wildman–Crippen LogP) is 1.90. The highest BCUT2D eigenvalue weighted by Crippen LogP contribution is 2.35. The second-order valence-electron chi connectivity index (χ2n) is 5.37. The summed E-state index contributed by atoms with van der Waals surface area (Å²) in [7, 11) is 3.72. The van der Waals surface area contributed by atoms with Gasteiger partial charge in [0.15, 0.2) is 6.10 Å². The Morgan fingerprint density at radius 2 is 2.05 bits per heavy atom. The minimum atomic E-state index is -0.410. The number of amides is 1. The molecule has 1 aliphatic rings. The monoisotopic (exact) mass is 262 g/mol. The lowest BCUT2D eigenvalue weighted by Crippen LogP contribution is -2.51. The number of carbonyl (C=O) groups is 1. The average molecular weight is 262 g/mol. The van der Waals surface area contributed by atoms with Crippen LogP contribution in [-0.2, 0) is 4.79 Å². The summed E-state index contributed by atoms with van der Waals surface area (Å²) in [6, 6.07) is 7.68. The molecule has 1 N–H and O–H groups in total. The highest BCUT2D eigenvalue weighted by Gasteiger charge is 2.38. The first-order chi connectivity index (χ1) is 9.06. The molecule has 0 aromatic heterocycles. The lowest BCUT2D eigenvalue weighted by Gasteiger charge is -2.37. The van der Waals surface area contributed by atoms with E-state index in [1.165, 1.54) is 0 Å². The molecule has 0 spiro atoms. The topological polar surface area (TPSA) is 41.6 Å². The summed E-state index contributed by atoms with van der Waals surface area (Å²) in [6.45, 7) is 5.02. The SMILES string of the molecule is CNCC(C(C)C)C1Oc2ccccc2N(C)C1=O. The maximum Gasteiger partial charge on any atom is 0.268 e. The number of fused-ring (bicyclic) bond motifs is 1. The second-order valence-corrected chi connectivity index (χ2v) is 5.37. The zero-order chi connectivity index (χ0) is 14.0. The number of nitrogens with one attached hydrogen (secondary N) is 1. The first kappa shape index (κ1) is 13.9. The summed E-state index contributed by atoms with van der Waals surface area (Å²) in [5.41, 5.74) is 0.843. The van der Waals surface area contributed by atoms with Gasteiger partial charge in [-0.25, -0.2) is 0 Å². The number of ether oxygens (including phenoxy) is 1. The van der Waals surface area contributed by atoms with Crippen LogP contribution in [0.2, 0.25) is 0 Å². The van der Waals surface area contributed by atoms with Gasteiger partial charge in [-0.2, -0.15) is 0 Å². The molecule has 1 aromatic rings. The van der Waals surface area contributed by atoms with E-state index in [0.29, 0.717) is 5.92 Å². The van der Waals surface area contributed by atoms with Gasteiger partial charge in [0.2, 0.25) is 0 Å². The van der Waals surface area contributed by atoms with Gasteiger partial charge in [0.25, 0.3) is 5.91 Å². The molecule has 0 saturated heterocycles. The Kier molecular flexibility index (Phi) is 4.10. The van der Waals surface area contributed by atoms with Gasteiger partial charge in [-0.1, -0.05) is 26.0 Å². The zero-order valence-electron chi connectivity index (χ0n) is 12.0. The van der Waals surface area contributed by atoms with E-state index in [2.05, 4.69) is 19.2 Å². The van der Waals surface area contributed by atoms with Crippen molar-refractivity contribution in [3.8, 4) is 5.75 Å². The van der Waals surface area contributed by atoms with Gasteiger partial charge in [-0.05, 0) is 25.1 Å². The Morgan fingerprint density at radius 3 is 2.68 bits per heavy atom. The molecule has 1 aromatic carbocycles. The molecule has 2 unspecified atom stereocenters. The Hall–Kier alpha value is -1.55. The molecule has 0 aliphatic carbocycles. The van der Waals surface area contributed by atoms with Crippen LogP contribution in [-0.4, -0.2) is 32.7 Å². The Balaban J connectivity index is 2.31. The number of hydrogen-bond acceptors (Lipinski definition) is 3. The van der Waals surface area contributed by atoms with Gasteiger partial charge < -0.3 is 15.0 Å². The van der Waals surface area contributed by atoms with E-state index in [-0.39, 0.29) is 11.8 Å². The van der Waals surface area contributed by atoms with Gasteiger partial charge in [-0.15, -0.1) is 0 Å². The fourth-order valence-electron chi connectivity index (χ4n) is 2.53. The van der Waals surface area contributed by atoms with Gasteiger partial charge in [0.1, 0.15) is 5.75 Å². The summed E-state index contributed by atoms with van der Waals surface area (Å²) in [4.78, 5) is 14.2. The average Bonchev–Trinajstić information content (AvgIpc) is 2.40. The van der Waals surface area contributed by atoms with Crippen LogP contribution in [0, 0.1) is 11.8 Å². The number of nitrogens with zero attached hydrogens (tertiary/aromatic N) is 1. The van der Waals surface area contributed by atoms with Crippen molar-refractivity contribution >= 4 is 11.6 Å². The first-order valence-corrected chi connectivity index (χ1v) is 6.74. The summed E-state index contributed by atoms with van der Waals surface area (Å²) in [5.74, 6) is 1.36. The Morgan fingerprint density at radius 1 is 1.37 bits per heavy atom. The van der Waals surface area contributed by atoms with E-state index >= 15 is 0 Å². The molecular formula is C15H22N2O2. The van der Waals surface area contributed by atoms with E-state index < -0.39 is 6.10 Å². The van der Waals surface area contributed by atoms with Crippen LogP contribution in [0.5, 0.6) is 5.75 Å². The third-order valence-electron chi connectivity index (χ3n) is 3.74. The van der Waals surface area contributed by atoms with Crippen molar-refractivity contribution < 1.29 is 9.53 Å². The lowest BCUT2D eigenvalue weighted by atomic mass is 9.88. The molecule has 0 saturated carbocycles. The van der Waals surface area contributed by atoms with E-state index in [4.69, 9.17) is 4.74 Å². The fraction of sp³-hybridized carbons (Fsp3) is 0.533. The van der Waals surface area contributed by atoms with Crippen LogP contribution >= 0.6 is 0 Å². The van der Waals surface area contributed by atoms with E-state index in [1.807, 2.05) is 38.4 Å². The molecule has 0 bridgehead atoms. The number of benzene rings is 1. The molecule has 2 atom stereocenters. The van der Waals surface area contributed by atoms with Crippen LogP contribution in [0.1, 0.15) is 13.8 Å². The van der Waals surface area contributed by atoms with Crippen LogP contribution in [0.4, 0.5) is 5.69 Å². The number of para-hydroxylation sites is 2. The Bertz CT molecular complexity index is 459. The van der Waals surface area contributed by atoms with Crippen molar-refractivity contribution in [1.29, 1.82) is 0 Å². The number of rotatable bonds is 4. The molecule has 0 radical (unpaired) electrons. The number of anilines is 1. The van der Waals surface area contributed by atoms with Crippen LogP contribution < -0.4 is 15.0 Å². The van der Waals surface area contributed by atoms with Gasteiger partial charge in [-0.3, -0.25) is 4.79 Å². The molecule has 19 heavy (non-hydrogen) atoms. The van der Waals surface area contributed by atoms with Gasteiger partial charge in [0.05, 0.1) is 5.69 Å². The highest BCUT2D eigenvalue weighted by atomic mass is 16.5. The molecule has 1 amide bonds. The normalized spacial score (nSPS) is 20.2.